The van der Waals surface area contributed by atoms with E-state index in [4.69, 9.17) is 4.74 Å². The first-order chi connectivity index (χ1) is 9.33. The Bertz CT molecular complexity index is 408. The molecule has 0 aliphatic carbocycles. The van der Waals surface area contributed by atoms with Gasteiger partial charge in [0.15, 0.2) is 5.69 Å². The maximum absolute atomic E-state index is 12.1. The number of nitrogens with one attached hydrogen (secondary N) is 1. The molecule has 104 valence electrons. The van der Waals surface area contributed by atoms with Crippen LogP contribution in [0.4, 0.5) is 0 Å². The minimum Gasteiger partial charge on any atom is -0.377 e. The van der Waals surface area contributed by atoms with Crippen LogP contribution in [0.1, 0.15) is 23.3 Å². The number of hydrogen-bond acceptors (Lipinski definition) is 5. The Morgan fingerprint density at radius 1 is 1.42 bits per heavy atom. The van der Waals surface area contributed by atoms with Gasteiger partial charge >= 0.3 is 0 Å². The van der Waals surface area contributed by atoms with E-state index in [9.17, 15) is 4.79 Å². The Morgan fingerprint density at radius 3 is 2.89 bits per heavy atom. The van der Waals surface area contributed by atoms with Gasteiger partial charge in [-0.1, -0.05) is 0 Å². The number of amides is 1. The van der Waals surface area contributed by atoms with Crippen molar-refractivity contribution in [2.24, 2.45) is 0 Å². The molecular weight excluding hydrogens is 246 g/mol. The minimum atomic E-state index is -0.0366. The Morgan fingerprint density at radius 2 is 2.26 bits per heavy atom. The monoisotopic (exact) mass is 265 g/mol. The summed E-state index contributed by atoms with van der Waals surface area (Å²) < 4.78 is 5.64. The molecular formula is C12H19N5O2. The standard InChI is InChI=1S/C12H19N5O2/c18-12(11-8-13-15-14-11)17-5-3-16(4-6-17)9-10-2-1-7-19-10/h8,10H,1-7,9H2,(H,13,14,15). The van der Waals surface area contributed by atoms with Gasteiger partial charge < -0.3 is 9.64 Å². The fourth-order valence-corrected chi connectivity index (χ4v) is 2.68. The van der Waals surface area contributed by atoms with E-state index in [1.54, 1.807) is 0 Å². The molecule has 2 aliphatic heterocycles. The molecule has 1 unspecified atom stereocenters. The van der Waals surface area contributed by atoms with Crippen molar-refractivity contribution in [3.05, 3.63) is 11.9 Å². The van der Waals surface area contributed by atoms with Crippen molar-refractivity contribution in [1.82, 2.24) is 25.2 Å². The van der Waals surface area contributed by atoms with E-state index < -0.39 is 0 Å². The topological polar surface area (TPSA) is 74.4 Å². The second-order valence-electron chi connectivity index (χ2n) is 5.08. The molecule has 1 aromatic heterocycles. The summed E-state index contributed by atoms with van der Waals surface area (Å²) in [6.45, 7) is 5.20. The summed E-state index contributed by atoms with van der Waals surface area (Å²) in [6.07, 6.45) is 4.20. The molecule has 1 amide bonds. The predicted molar refractivity (Wildman–Crippen MR) is 67.7 cm³/mol. The number of rotatable bonds is 3. The van der Waals surface area contributed by atoms with Gasteiger partial charge in [0.05, 0.1) is 12.3 Å². The second kappa shape index (κ2) is 5.66. The Kier molecular flexibility index (Phi) is 3.74. The van der Waals surface area contributed by atoms with Crippen LogP contribution in [-0.2, 0) is 4.74 Å². The third-order valence-corrected chi connectivity index (χ3v) is 3.78. The normalized spacial score (nSPS) is 24.8. The first-order valence-corrected chi connectivity index (χ1v) is 6.82. The smallest absolute Gasteiger partial charge is 0.276 e. The molecule has 19 heavy (non-hydrogen) atoms. The molecule has 0 bridgehead atoms. The molecule has 0 radical (unpaired) electrons. The number of aromatic nitrogens is 3. The van der Waals surface area contributed by atoms with Crippen LogP contribution in [0.3, 0.4) is 0 Å². The number of aromatic amines is 1. The zero-order valence-corrected chi connectivity index (χ0v) is 10.9. The highest BCUT2D eigenvalue weighted by Gasteiger charge is 2.26. The van der Waals surface area contributed by atoms with Gasteiger partial charge in [-0.25, -0.2) is 0 Å². The number of hydrogen-bond donors (Lipinski definition) is 1. The highest BCUT2D eigenvalue weighted by molar-refractivity contribution is 5.91. The van der Waals surface area contributed by atoms with Gasteiger partial charge in [-0.2, -0.15) is 15.4 Å². The van der Waals surface area contributed by atoms with Gasteiger partial charge in [0.2, 0.25) is 0 Å². The maximum atomic E-state index is 12.1. The van der Waals surface area contributed by atoms with Gasteiger partial charge in [-0.15, -0.1) is 0 Å². The highest BCUT2D eigenvalue weighted by atomic mass is 16.5. The van der Waals surface area contributed by atoms with Crippen LogP contribution < -0.4 is 0 Å². The van der Waals surface area contributed by atoms with Crippen molar-refractivity contribution in [2.45, 2.75) is 18.9 Å². The van der Waals surface area contributed by atoms with E-state index in [2.05, 4.69) is 20.3 Å². The second-order valence-corrected chi connectivity index (χ2v) is 5.08. The molecule has 7 nitrogen and oxygen atoms in total. The van der Waals surface area contributed by atoms with Gasteiger partial charge in [0.25, 0.3) is 5.91 Å². The van der Waals surface area contributed by atoms with E-state index in [0.29, 0.717) is 11.8 Å². The lowest BCUT2D eigenvalue weighted by Crippen LogP contribution is -2.50. The molecule has 0 spiro atoms. The van der Waals surface area contributed by atoms with E-state index in [0.717, 1.165) is 45.8 Å². The Labute approximate surface area is 111 Å². The Balaban J connectivity index is 1.47. The third-order valence-electron chi connectivity index (χ3n) is 3.78. The maximum Gasteiger partial charge on any atom is 0.276 e. The lowest BCUT2D eigenvalue weighted by Gasteiger charge is -2.35. The van der Waals surface area contributed by atoms with Gasteiger partial charge in [0.1, 0.15) is 0 Å². The van der Waals surface area contributed by atoms with Crippen LogP contribution in [0.5, 0.6) is 0 Å². The zero-order valence-electron chi connectivity index (χ0n) is 10.9. The first kappa shape index (κ1) is 12.6. The fourth-order valence-electron chi connectivity index (χ4n) is 2.68. The fraction of sp³-hybridized carbons (Fsp3) is 0.750. The lowest BCUT2D eigenvalue weighted by molar-refractivity contribution is 0.0430. The van der Waals surface area contributed by atoms with Gasteiger partial charge in [-0.3, -0.25) is 9.69 Å². The molecule has 2 saturated heterocycles. The number of carbonyl (C=O) groups is 1. The molecule has 1 N–H and O–H groups in total. The van der Waals surface area contributed by atoms with Crippen molar-refractivity contribution in [3.8, 4) is 0 Å². The lowest BCUT2D eigenvalue weighted by atomic mass is 10.2. The highest BCUT2D eigenvalue weighted by Crippen LogP contribution is 2.14. The third kappa shape index (κ3) is 2.93. The summed E-state index contributed by atoms with van der Waals surface area (Å²) in [5.41, 5.74) is 0.396. The molecule has 0 saturated carbocycles. The molecule has 2 fully saturated rings. The van der Waals surface area contributed by atoms with Crippen molar-refractivity contribution >= 4 is 5.91 Å². The minimum absolute atomic E-state index is 0.0366. The predicted octanol–water partition coefficient (Wildman–Crippen LogP) is -0.258. The van der Waals surface area contributed by atoms with Gasteiger partial charge in [-0.05, 0) is 12.8 Å². The quantitative estimate of drug-likeness (QED) is 0.815. The Hall–Kier alpha value is -1.47. The van der Waals surface area contributed by atoms with Crippen LogP contribution in [0, 0.1) is 0 Å². The zero-order chi connectivity index (χ0) is 13.1. The van der Waals surface area contributed by atoms with Crippen molar-refractivity contribution in [3.63, 3.8) is 0 Å². The molecule has 2 aliphatic rings. The average Bonchev–Trinajstić information content (AvgIpc) is 3.12. The largest absolute Gasteiger partial charge is 0.377 e. The molecule has 0 aromatic carbocycles. The van der Waals surface area contributed by atoms with Crippen LogP contribution in [0.2, 0.25) is 0 Å². The summed E-state index contributed by atoms with van der Waals surface area (Å²) in [4.78, 5) is 16.3. The van der Waals surface area contributed by atoms with Crippen molar-refractivity contribution in [1.29, 1.82) is 0 Å². The number of ether oxygens (including phenoxy) is 1. The number of nitrogens with zero attached hydrogens (tertiary/aromatic N) is 4. The SMILES string of the molecule is O=C(c1cn[nH]n1)N1CCN(CC2CCCO2)CC1. The van der Waals surface area contributed by atoms with Crippen LogP contribution in [0.25, 0.3) is 0 Å². The first-order valence-electron chi connectivity index (χ1n) is 6.82. The summed E-state index contributed by atoms with van der Waals surface area (Å²) >= 11 is 0. The number of H-pyrrole nitrogens is 1. The van der Waals surface area contributed by atoms with E-state index in [1.807, 2.05) is 4.90 Å². The molecule has 1 aromatic rings. The van der Waals surface area contributed by atoms with Crippen LogP contribution in [-0.4, -0.2) is 76.6 Å². The summed E-state index contributed by atoms with van der Waals surface area (Å²) in [5.74, 6) is -0.0366. The van der Waals surface area contributed by atoms with E-state index >= 15 is 0 Å². The summed E-state index contributed by atoms with van der Waals surface area (Å²) in [5, 5.41) is 9.98. The number of carbonyl (C=O) groups excluding carboxylic acids is 1. The molecule has 3 heterocycles. The average molecular weight is 265 g/mol. The van der Waals surface area contributed by atoms with Crippen molar-refractivity contribution < 1.29 is 9.53 Å². The van der Waals surface area contributed by atoms with E-state index in [1.165, 1.54) is 12.6 Å². The summed E-state index contributed by atoms with van der Waals surface area (Å²) in [7, 11) is 0. The van der Waals surface area contributed by atoms with Crippen molar-refractivity contribution in [2.75, 3.05) is 39.3 Å². The van der Waals surface area contributed by atoms with Gasteiger partial charge in [0, 0.05) is 39.3 Å². The molecule has 7 heteroatoms. The molecule has 3 rings (SSSR count). The molecule has 1 atom stereocenters. The van der Waals surface area contributed by atoms with Crippen LogP contribution >= 0.6 is 0 Å². The van der Waals surface area contributed by atoms with E-state index in [-0.39, 0.29) is 5.91 Å². The number of piperazine rings is 1. The summed E-state index contributed by atoms with van der Waals surface area (Å²) in [6, 6.07) is 0. The van der Waals surface area contributed by atoms with Crippen LogP contribution in [0.15, 0.2) is 6.20 Å².